The van der Waals surface area contributed by atoms with Crippen LogP contribution in [-0.4, -0.2) is 16.0 Å². The number of anilines is 1. The van der Waals surface area contributed by atoms with E-state index in [0.29, 0.717) is 18.2 Å². The molecule has 1 N–H and O–H groups in total. The second kappa shape index (κ2) is 4.13. The van der Waals surface area contributed by atoms with Gasteiger partial charge in [0, 0.05) is 6.42 Å². The van der Waals surface area contributed by atoms with Crippen LogP contribution in [0.25, 0.3) is 0 Å². The summed E-state index contributed by atoms with van der Waals surface area (Å²) in [6, 6.07) is 0.218. The van der Waals surface area contributed by atoms with E-state index < -0.39 is 0 Å². The minimum Gasteiger partial charge on any atom is -0.315 e. The van der Waals surface area contributed by atoms with E-state index in [1.54, 1.807) is 6.92 Å². The Bertz CT molecular complexity index is 429. The standard InChI is InChI=1S/C12H17N3O2/c1-7-13-12(17-15-7)14-11(16)6-10-5-8-2-3-9(10)4-8/h8-10H,2-6H2,1H3,(H,13,14,15,16)/t8-,9-,10+/m0/s1. The van der Waals surface area contributed by atoms with Crippen molar-refractivity contribution in [3.8, 4) is 0 Å². The summed E-state index contributed by atoms with van der Waals surface area (Å²) >= 11 is 0. The number of aryl methyl sites for hydroxylation is 1. The van der Waals surface area contributed by atoms with Crippen LogP contribution in [0.15, 0.2) is 4.52 Å². The first-order valence-electron chi connectivity index (χ1n) is 6.31. The van der Waals surface area contributed by atoms with E-state index in [1.807, 2.05) is 0 Å². The molecule has 1 aromatic heterocycles. The normalized spacial score (nSPS) is 30.8. The lowest BCUT2D eigenvalue weighted by Gasteiger charge is -2.20. The molecule has 2 fully saturated rings. The van der Waals surface area contributed by atoms with Crippen molar-refractivity contribution in [3.63, 3.8) is 0 Å². The molecule has 0 spiro atoms. The molecule has 1 amide bonds. The number of carbonyl (C=O) groups excluding carboxylic acids is 1. The summed E-state index contributed by atoms with van der Waals surface area (Å²) in [5.41, 5.74) is 0. The topological polar surface area (TPSA) is 68.0 Å². The highest BCUT2D eigenvalue weighted by atomic mass is 16.5. The van der Waals surface area contributed by atoms with E-state index in [9.17, 15) is 4.79 Å². The first-order chi connectivity index (χ1) is 8.20. The molecule has 1 aromatic rings. The lowest BCUT2D eigenvalue weighted by Crippen LogP contribution is -2.20. The molecule has 0 radical (unpaired) electrons. The Hall–Kier alpha value is -1.39. The number of nitrogens with one attached hydrogen (secondary N) is 1. The molecular formula is C12H17N3O2. The minimum atomic E-state index is 0.00574. The predicted molar refractivity (Wildman–Crippen MR) is 61.2 cm³/mol. The fourth-order valence-electron chi connectivity index (χ4n) is 3.38. The summed E-state index contributed by atoms with van der Waals surface area (Å²) in [7, 11) is 0. The Morgan fingerprint density at radius 3 is 2.94 bits per heavy atom. The van der Waals surface area contributed by atoms with Crippen LogP contribution in [0.2, 0.25) is 0 Å². The summed E-state index contributed by atoms with van der Waals surface area (Å²) in [5.74, 6) is 2.77. The molecule has 3 rings (SSSR count). The molecule has 5 nitrogen and oxygen atoms in total. The molecule has 0 aromatic carbocycles. The van der Waals surface area contributed by atoms with E-state index in [1.165, 1.54) is 25.7 Å². The van der Waals surface area contributed by atoms with Crippen LogP contribution in [0.4, 0.5) is 6.01 Å². The van der Waals surface area contributed by atoms with Gasteiger partial charge in [-0.1, -0.05) is 11.6 Å². The molecule has 5 heteroatoms. The molecule has 2 bridgehead atoms. The number of carbonyl (C=O) groups is 1. The van der Waals surface area contributed by atoms with E-state index in [-0.39, 0.29) is 11.9 Å². The van der Waals surface area contributed by atoms with Crippen LogP contribution < -0.4 is 5.32 Å². The van der Waals surface area contributed by atoms with Gasteiger partial charge >= 0.3 is 6.01 Å². The summed E-state index contributed by atoms with van der Waals surface area (Å²) in [5, 5.41) is 6.31. The van der Waals surface area contributed by atoms with E-state index >= 15 is 0 Å². The van der Waals surface area contributed by atoms with Crippen molar-refractivity contribution in [2.45, 2.75) is 39.0 Å². The number of fused-ring (bicyclic) bond motifs is 2. The third-order valence-corrected chi connectivity index (χ3v) is 4.11. The molecule has 2 aliphatic carbocycles. The lowest BCUT2D eigenvalue weighted by atomic mass is 9.86. The van der Waals surface area contributed by atoms with E-state index in [0.717, 1.165) is 11.8 Å². The van der Waals surface area contributed by atoms with Crippen molar-refractivity contribution in [2.75, 3.05) is 5.32 Å². The number of nitrogens with zero attached hydrogens (tertiary/aromatic N) is 2. The average Bonchev–Trinajstić information content (AvgIpc) is 2.95. The smallest absolute Gasteiger partial charge is 0.315 e. The molecule has 0 unspecified atom stereocenters. The van der Waals surface area contributed by atoms with Gasteiger partial charge in [0.25, 0.3) is 0 Å². The highest BCUT2D eigenvalue weighted by Crippen LogP contribution is 2.49. The van der Waals surface area contributed by atoms with Gasteiger partial charge < -0.3 is 4.52 Å². The highest BCUT2D eigenvalue weighted by molar-refractivity contribution is 5.88. The van der Waals surface area contributed by atoms with Crippen LogP contribution in [0.5, 0.6) is 0 Å². The largest absolute Gasteiger partial charge is 0.328 e. The fourth-order valence-corrected chi connectivity index (χ4v) is 3.38. The van der Waals surface area contributed by atoms with Gasteiger partial charge in [-0.15, -0.1) is 0 Å². The Kier molecular flexibility index (Phi) is 2.61. The number of hydrogen-bond donors (Lipinski definition) is 1. The fraction of sp³-hybridized carbons (Fsp3) is 0.750. The van der Waals surface area contributed by atoms with Crippen LogP contribution in [0.1, 0.15) is 37.9 Å². The van der Waals surface area contributed by atoms with Gasteiger partial charge in [0.05, 0.1) is 0 Å². The van der Waals surface area contributed by atoms with Crippen molar-refractivity contribution in [3.05, 3.63) is 5.82 Å². The second-order valence-corrected chi connectivity index (χ2v) is 5.33. The van der Waals surface area contributed by atoms with Crippen LogP contribution in [0, 0.1) is 24.7 Å². The SMILES string of the molecule is Cc1noc(NC(=O)C[C@H]2C[C@H]3CC[C@H]2C3)n1. The third kappa shape index (κ3) is 2.18. The average molecular weight is 235 g/mol. The zero-order valence-corrected chi connectivity index (χ0v) is 9.98. The van der Waals surface area contributed by atoms with E-state index in [4.69, 9.17) is 4.52 Å². The monoisotopic (exact) mass is 235 g/mol. The zero-order valence-electron chi connectivity index (χ0n) is 9.98. The molecule has 2 aliphatic rings. The quantitative estimate of drug-likeness (QED) is 0.871. The Balaban J connectivity index is 1.54. The van der Waals surface area contributed by atoms with Crippen molar-refractivity contribution in [1.29, 1.82) is 0 Å². The van der Waals surface area contributed by atoms with Crippen molar-refractivity contribution >= 4 is 11.9 Å². The maximum absolute atomic E-state index is 11.8. The zero-order chi connectivity index (χ0) is 11.8. The molecule has 3 atom stereocenters. The number of rotatable bonds is 3. The first-order valence-corrected chi connectivity index (χ1v) is 6.31. The Morgan fingerprint density at radius 2 is 2.35 bits per heavy atom. The van der Waals surface area contributed by atoms with Crippen LogP contribution in [-0.2, 0) is 4.79 Å². The summed E-state index contributed by atoms with van der Waals surface area (Å²) < 4.78 is 4.87. The van der Waals surface area contributed by atoms with Gasteiger partial charge in [-0.05, 0) is 43.9 Å². The number of aromatic nitrogens is 2. The Labute approximate surface area is 100.0 Å². The summed E-state index contributed by atoms with van der Waals surface area (Å²) in [6.07, 6.45) is 5.83. The summed E-state index contributed by atoms with van der Waals surface area (Å²) in [6.45, 7) is 1.73. The van der Waals surface area contributed by atoms with Crippen LogP contribution >= 0.6 is 0 Å². The van der Waals surface area contributed by atoms with Crippen molar-refractivity contribution < 1.29 is 9.32 Å². The first kappa shape index (κ1) is 10.7. The van der Waals surface area contributed by atoms with Gasteiger partial charge in [0.15, 0.2) is 5.82 Å². The van der Waals surface area contributed by atoms with Crippen molar-refractivity contribution in [2.24, 2.45) is 17.8 Å². The predicted octanol–water partition coefficient (Wildman–Crippen LogP) is 2.14. The summed E-state index contributed by atoms with van der Waals surface area (Å²) in [4.78, 5) is 15.8. The Morgan fingerprint density at radius 1 is 1.47 bits per heavy atom. The van der Waals surface area contributed by atoms with E-state index in [2.05, 4.69) is 15.5 Å². The molecule has 0 saturated heterocycles. The molecule has 1 heterocycles. The minimum absolute atomic E-state index is 0.00574. The van der Waals surface area contributed by atoms with Crippen LogP contribution in [0.3, 0.4) is 0 Å². The van der Waals surface area contributed by atoms with Gasteiger partial charge in [-0.3, -0.25) is 10.1 Å². The van der Waals surface area contributed by atoms with Gasteiger partial charge in [0.2, 0.25) is 5.91 Å². The molecule has 2 saturated carbocycles. The van der Waals surface area contributed by atoms with Gasteiger partial charge in [-0.25, -0.2) is 0 Å². The molecule has 92 valence electrons. The maximum Gasteiger partial charge on any atom is 0.328 e. The second-order valence-electron chi connectivity index (χ2n) is 5.33. The van der Waals surface area contributed by atoms with Gasteiger partial charge in [-0.2, -0.15) is 4.98 Å². The number of amides is 1. The maximum atomic E-state index is 11.8. The molecule has 0 aliphatic heterocycles. The molecular weight excluding hydrogens is 218 g/mol. The number of hydrogen-bond acceptors (Lipinski definition) is 4. The third-order valence-electron chi connectivity index (χ3n) is 4.11. The lowest BCUT2D eigenvalue weighted by molar-refractivity contribution is -0.117. The highest BCUT2D eigenvalue weighted by Gasteiger charge is 2.40. The van der Waals surface area contributed by atoms with Crippen molar-refractivity contribution in [1.82, 2.24) is 10.1 Å². The molecule has 17 heavy (non-hydrogen) atoms. The van der Waals surface area contributed by atoms with Gasteiger partial charge in [0.1, 0.15) is 0 Å².